The topological polar surface area (TPSA) is 41.1 Å². The van der Waals surface area contributed by atoms with E-state index in [2.05, 4.69) is 60.2 Å². The molecule has 1 saturated heterocycles. The second-order valence-corrected chi connectivity index (χ2v) is 7.79. The molecule has 0 radical (unpaired) electrons. The first-order chi connectivity index (χ1) is 12.5. The molecule has 2 N–H and O–H groups in total. The van der Waals surface area contributed by atoms with Crippen LogP contribution in [0.3, 0.4) is 0 Å². The lowest BCUT2D eigenvalue weighted by molar-refractivity contribution is -0.116. The van der Waals surface area contributed by atoms with E-state index in [1.807, 2.05) is 13.8 Å². The summed E-state index contributed by atoms with van der Waals surface area (Å²) in [5.74, 6) is -0.0307. The molecule has 1 heterocycles. The number of rotatable bonds is 7. The van der Waals surface area contributed by atoms with Crippen molar-refractivity contribution in [3.05, 3.63) is 53.1 Å². The van der Waals surface area contributed by atoms with Gasteiger partial charge in [0.25, 0.3) is 5.91 Å². The van der Waals surface area contributed by atoms with Gasteiger partial charge in [0.05, 0.1) is 5.54 Å². The first-order valence-corrected chi connectivity index (χ1v) is 9.83. The maximum atomic E-state index is 12.3. The van der Waals surface area contributed by atoms with E-state index in [4.69, 9.17) is 0 Å². The van der Waals surface area contributed by atoms with E-state index in [1.165, 1.54) is 54.0 Å². The van der Waals surface area contributed by atoms with Gasteiger partial charge in [-0.2, -0.15) is 0 Å². The van der Waals surface area contributed by atoms with Crippen LogP contribution in [0.4, 0.5) is 0 Å². The highest BCUT2D eigenvalue weighted by molar-refractivity contribution is 6.04. The van der Waals surface area contributed by atoms with Gasteiger partial charge in [-0.05, 0) is 54.7 Å². The number of fused-ring (bicyclic) bond motifs is 1. The molecule has 138 valence electrons. The lowest BCUT2D eigenvalue weighted by Gasteiger charge is -2.18. The minimum absolute atomic E-state index is 0.0307. The molecule has 3 heteroatoms. The molecule has 2 aromatic rings. The number of hydrogen-bond acceptors (Lipinski definition) is 2. The third-order valence-electron chi connectivity index (χ3n) is 5.31. The van der Waals surface area contributed by atoms with Crippen LogP contribution in [-0.2, 0) is 11.2 Å². The highest BCUT2D eigenvalue weighted by Crippen LogP contribution is 2.30. The van der Waals surface area contributed by atoms with Crippen LogP contribution in [0.1, 0.15) is 64.0 Å². The summed E-state index contributed by atoms with van der Waals surface area (Å²) in [4.78, 5) is 12.3. The van der Waals surface area contributed by atoms with Crippen molar-refractivity contribution in [2.24, 2.45) is 0 Å². The van der Waals surface area contributed by atoms with Crippen molar-refractivity contribution in [1.29, 1.82) is 0 Å². The van der Waals surface area contributed by atoms with Gasteiger partial charge in [0.1, 0.15) is 0 Å². The van der Waals surface area contributed by atoms with E-state index >= 15 is 0 Å². The zero-order chi connectivity index (χ0) is 18.6. The normalized spacial score (nSPS) is 17.8. The van der Waals surface area contributed by atoms with Gasteiger partial charge in [-0.15, -0.1) is 0 Å². The minimum Gasteiger partial charge on any atom is -0.287 e. The number of hydrazine groups is 1. The molecule has 1 aliphatic rings. The molecule has 1 amide bonds. The molecule has 0 atom stereocenters. The second kappa shape index (κ2) is 8.05. The van der Waals surface area contributed by atoms with Crippen molar-refractivity contribution < 1.29 is 4.79 Å². The van der Waals surface area contributed by atoms with Crippen LogP contribution in [0.25, 0.3) is 16.8 Å². The summed E-state index contributed by atoms with van der Waals surface area (Å²) < 4.78 is 0. The van der Waals surface area contributed by atoms with E-state index in [1.54, 1.807) is 0 Å². The maximum absolute atomic E-state index is 12.3. The Balaban J connectivity index is 1.98. The fraction of sp³-hybridized carbons (Fsp3) is 0.435. The van der Waals surface area contributed by atoms with E-state index in [0.717, 1.165) is 12.0 Å². The number of unbranched alkanes of at least 4 members (excludes halogenated alkanes) is 4. The fourth-order valence-corrected chi connectivity index (χ4v) is 3.67. The molecule has 0 aliphatic carbocycles. The second-order valence-electron chi connectivity index (χ2n) is 7.79. The number of aryl methyl sites for hydroxylation is 1. The van der Waals surface area contributed by atoms with E-state index in [9.17, 15) is 4.79 Å². The molecule has 3 nitrogen and oxygen atoms in total. The van der Waals surface area contributed by atoms with Gasteiger partial charge in [0.2, 0.25) is 0 Å². The Hall–Kier alpha value is -2.13. The average Bonchev–Trinajstić information content (AvgIpc) is 2.89. The van der Waals surface area contributed by atoms with Gasteiger partial charge in [-0.1, -0.05) is 69.0 Å². The van der Waals surface area contributed by atoms with Crippen LogP contribution in [0.5, 0.6) is 0 Å². The standard InChI is InChI=1S/C23H30N2O/c1-4-5-6-7-8-11-18-15-14-17-12-9-10-13-19(17)20(18)16-21-22(26)24-25-23(21,2)3/h9-10,12-16,25H,4-8,11H2,1-3H3,(H,24,26)/b21-16+. The monoisotopic (exact) mass is 350 g/mol. The molecule has 0 bridgehead atoms. The Labute approximate surface area is 156 Å². The van der Waals surface area contributed by atoms with Gasteiger partial charge in [0.15, 0.2) is 0 Å². The van der Waals surface area contributed by atoms with Crippen molar-refractivity contribution in [2.75, 3.05) is 0 Å². The van der Waals surface area contributed by atoms with Crippen LogP contribution in [0.15, 0.2) is 42.0 Å². The Kier molecular flexibility index (Phi) is 5.77. The summed E-state index contributed by atoms with van der Waals surface area (Å²) in [5.41, 5.74) is 8.79. The predicted octanol–water partition coefficient (Wildman–Crippen LogP) is 5.15. The Morgan fingerprint density at radius 1 is 1.00 bits per heavy atom. The number of benzene rings is 2. The number of amides is 1. The van der Waals surface area contributed by atoms with E-state index < -0.39 is 0 Å². The molecule has 26 heavy (non-hydrogen) atoms. The summed E-state index contributed by atoms with van der Waals surface area (Å²) in [6, 6.07) is 12.9. The molecule has 1 aliphatic heterocycles. The smallest absolute Gasteiger partial charge is 0.263 e. The SMILES string of the molecule is CCCCCCCc1ccc2ccccc2c1/C=C1\C(=O)NNC1(C)C. The van der Waals surface area contributed by atoms with Crippen molar-refractivity contribution in [2.45, 2.75) is 64.8 Å². The number of carbonyl (C=O) groups excluding carboxylic acids is 1. The van der Waals surface area contributed by atoms with Crippen LogP contribution in [0.2, 0.25) is 0 Å². The Bertz CT molecular complexity index is 820. The van der Waals surface area contributed by atoms with E-state index in [0.29, 0.717) is 0 Å². The van der Waals surface area contributed by atoms with Crippen LogP contribution < -0.4 is 10.9 Å². The van der Waals surface area contributed by atoms with Gasteiger partial charge in [-0.25, -0.2) is 5.43 Å². The zero-order valence-electron chi connectivity index (χ0n) is 16.2. The molecule has 0 spiro atoms. The lowest BCUT2D eigenvalue weighted by Crippen LogP contribution is -2.38. The maximum Gasteiger partial charge on any atom is 0.263 e. The highest BCUT2D eigenvalue weighted by atomic mass is 16.2. The van der Waals surface area contributed by atoms with Gasteiger partial charge in [0, 0.05) is 5.57 Å². The summed E-state index contributed by atoms with van der Waals surface area (Å²) in [5, 5.41) is 2.44. The van der Waals surface area contributed by atoms with Crippen LogP contribution in [-0.4, -0.2) is 11.4 Å². The third kappa shape index (κ3) is 3.99. The average molecular weight is 351 g/mol. The van der Waals surface area contributed by atoms with Crippen LogP contribution >= 0.6 is 0 Å². The van der Waals surface area contributed by atoms with Gasteiger partial charge < -0.3 is 0 Å². The molecule has 3 rings (SSSR count). The van der Waals surface area contributed by atoms with Gasteiger partial charge >= 0.3 is 0 Å². The lowest BCUT2D eigenvalue weighted by atomic mass is 9.89. The van der Waals surface area contributed by atoms with Crippen molar-refractivity contribution in [3.63, 3.8) is 0 Å². The van der Waals surface area contributed by atoms with Crippen LogP contribution in [0, 0.1) is 0 Å². The molecule has 0 saturated carbocycles. The Morgan fingerprint density at radius 3 is 2.50 bits per heavy atom. The summed E-state index contributed by atoms with van der Waals surface area (Å²) in [7, 11) is 0. The largest absolute Gasteiger partial charge is 0.287 e. The molecule has 0 unspecified atom stereocenters. The molecule has 2 aromatic carbocycles. The first kappa shape index (κ1) is 18.7. The van der Waals surface area contributed by atoms with E-state index in [-0.39, 0.29) is 11.4 Å². The quantitative estimate of drug-likeness (QED) is 0.535. The minimum atomic E-state index is -0.369. The predicted molar refractivity (Wildman–Crippen MR) is 110 cm³/mol. The number of carbonyl (C=O) groups is 1. The number of hydrogen-bond donors (Lipinski definition) is 2. The molecular weight excluding hydrogens is 320 g/mol. The summed E-state index contributed by atoms with van der Waals surface area (Å²) >= 11 is 0. The highest BCUT2D eigenvalue weighted by Gasteiger charge is 2.35. The zero-order valence-corrected chi connectivity index (χ0v) is 16.2. The van der Waals surface area contributed by atoms with Crippen molar-refractivity contribution in [3.8, 4) is 0 Å². The molecule has 0 aromatic heterocycles. The number of nitrogens with one attached hydrogen (secondary N) is 2. The third-order valence-corrected chi connectivity index (χ3v) is 5.31. The summed E-state index contributed by atoms with van der Waals surface area (Å²) in [6.45, 7) is 6.31. The fourth-order valence-electron chi connectivity index (χ4n) is 3.67. The Morgan fingerprint density at radius 2 is 1.77 bits per heavy atom. The van der Waals surface area contributed by atoms with Crippen molar-refractivity contribution in [1.82, 2.24) is 10.9 Å². The molecule has 1 fully saturated rings. The first-order valence-electron chi connectivity index (χ1n) is 9.83. The molecular formula is C23H30N2O. The van der Waals surface area contributed by atoms with Crippen molar-refractivity contribution >= 4 is 22.8 Å². The van der Waals surface area contributed by atoms with Gasteiger partial charge in [-0.3, -0.25) is 10.2 Å². The summed E-state index contributed by atoms with van der Waals surface area (Å²) in [6.07, 6.45) is 9.51.